The lowest BCUT2D eigenvalue weighted by Crippen LogP contribution is -1.96. The fourth-order valence-corrected chi connectivity index (χ4v) is 4.86. The van der Waals surface area contributed by atoms with Gasteiger partial charge < -0.3 is 0 Å². The van der Waals surface area contributed by atoms with Gasteiger partial charge in [0, 0.05) is 20.1 Å². The van der Waals surface area contributed by atoms with Crippen molar-refractivity contribution >= 4 is 42.9 Å². The average Bonchev–Trinajstić information content (AvgIpc) is 3.43. The minimum atomic E-state index is 0.270. The van der Waals surface area contributed by atoms with Crippen molar-refractivity contribution in [2.75, 3.05) is 0 Å². The van der Waals surface area contributed by atoms with Gasteiger partial charge in [-0.2, -0.15) is 5.26 Å². The number of nitriles is 1. The molecule has 7 heteroatoms. The van der Waals surface area contributed by atoms with E-state index >= 15 is 0 Å². The van der Waals surface area contributed by atoms with E-state index in [4.69, 9.17) is 9.61 Å². The number of benzene rings is 4. The lowest BCUT2D eigenvalue weighted by molar-refractivity contribution is 0.315. The van der Waals surface area contributed by atoms with Crippen LogP contribution in [-0.2, 0) is 0 Å². The summed E-state index contributed by atoms with van der Waals surface area (Å²) in [5.74, 6) is 0. The molecule has 0 aliphatic heterocycles. The fourth-order valence-electron chi connectivity index (χ4n) is 4.33. The van der Waals surface area contributed by atoms with E-state index in [-0.39, 0.29) is 5.69 Å². The maximum atomic E-state index is 10.0. The maximum Gasteiger partial charge on any atom is 0.162 e. The van der Waals surface area contributed by atoms with E-state index in [0.29, 0.717) is 22.3 Å². The first-order valence-electron chi connectivity index (χ1n) is 11.4. The SMILES string of the molecule is N#Cc1nc(-c2ccc(-c3ccc(Br)cc3)cc2)c2nonc2c1-c1ccc(-c2ccc(Br)cc2)cc1. The molecular formula is C30H16Br2N4O. The zero-order valence-electron chi connectivity index (χ0n) is 19.2. The van der Waals surface area contributed by atoms with Gasteiger partial charge in [0.25, 0.3) is 0 Å². The van der Waals surface area contributed by atoms with E-state index in [9.17, 15) is 5.26 Å². The Morgan fingerprint density at radius 1 is 0.541 bits per heavy atom. The number of hydrogen-bond acceptors (Lipinski definition) is 5. The van der Waals surface area contributed by atoms with Crippen LogP contribution in [0, 0.1) is 11.3 Å². The van der Waals surface area contributed by atoms with Gasteiger partial charge in [0.05, 0.1) is 0 Å². The van der Waals surface area contributed by atoms with E-state index in [1.807, 2.05) is 72.8 Å². The number of pyridine rings is 1. The molecule has 0 saturated heterocycles. The van der Waals surface area contributed by atoms with Crippen LogP contribution >= 0.6 is 31.9 Å². The molecule has 6 rings (SSSR count). The summed E-state index contributed by atoms with van der Waals surface area (Å²) < 4.78 is 7.20. The van der Waals surface area contributed by atoms with Crippen LogP contribution in [0.4, 0.5) is 0 Å². The Hall–Kier alpha value is -4.12. The fraction of sp³-hybridized carbons (Fsp3) is 0. The molecule has 2 aromatic heterocycles. The molecule has 0 N–H and O–H groups in total. The minimum absolute atomic E-state index is 0.270. The molecule has 0 unspecified atom stereocenters. The standard InChI is InChI=1S/C30H16Br2N4O/c31-24-13-9-20(10-14-24)18-1-5-22(6-2-18)27-26(17-33)34-28(30-29(27)35-37-36-30)23-7-3-19(4-8-23)21-11-15-25(32)16-12-21/h1-16H. The van der Waals surface area contributed by atoms with Crippen LogP contribution in [0.3, 0.4) is 0 Å². The van der Waals surface area contributed by atoms with Gasteiger partial charge in [0.2, 0.25) is 0 Å². The quantitative estimate of drug-likeness (QED) is 0.200. The Kier molecular flexibility index (Phi) is 6.13. The molecule has 6 aromatic rings. The molecule has 37 heavy (non-hydrogen) atoms. The third kappa shape index (κ3) is 4.46. The highest BCUT2D eigenvalue weighted by Crippen LogP contribution is 2.36. The summed E-state index contributed by atoms with van der Waals surface area (Å²) in [4.78, 5) is 4.71. The molecule has 0 amide bonds. The van der Waals surface area contributed by atoms with Crippen molar-refractivity contribution in [2.45, 2.75) is 0 Å². The van der Waals surface area contributed by atoms with Crippen molar-refractivity contribution in [1.29, 1.82) is 5.26 Å². The third-order valence-electron chi connectivity index (χ3n) is 6.20. The second-order valence-electron chi connectivity index (χ2n) is 8.43. The first kappa shape index (κ1) is 23.3. The molecule has 0 bridgehead atoms. The normalized spacial score (nSPS) is 10.9. The summed E-state index contributed by atoms with van der Waals surface area (Å²) in [6.07, 6.45) is 0. The average molecular weight is 608 g/mol. The first-order chi connectivity index (χ1) is 18.1. The number of halogens is 2. The summed E-state index contributed by atoms with van der Waals surface area (Å²) >= 11 is 6.95. The van der Waals surface area contributed by atoms with E-state index in [2.05, 4.69) is 72.5 Å². The monoisotopic (exact) mass is 606 g/mol. The molecule has 0 fully saturated rings. The second kappa shape index (κ2) is 9.74. The predicted octanol–water partition coefficient (Wildman–Crippen LogP) is 8.68. The summed E-state index contributed by atoms with van der Waals surface area (Å²) in [5.41, 5.74) is 8.47. The van der Waals surface area contributed by atoms with Crippen LogP contribution in [0.5, 0.6) is 0 Å². The van der Waals surface area contributed by atoms with Crippen molar-refractivity contribution in [3.63, 3.8) is 0 Å². The topological polar surface area (TPSA) is 75.6 Å². The van der Waals surface area contributed by atoms with Gasteiger partial charge in [-0.25, -0.2) is 9.61 Å². The van der Waals surface area contributed by atoms with Crippen LogP contribution < -0.4 is 0 Å². The lowest BCUT2D eigenvalue weighted by Gasteiger charge is -2.10. The van der Waals surface area contributed by atoms with Crippen LogP contribution in [0.25, 0.3) is 55.7 Å². The summed E-state index contributed by atoms with van der Waals surface area (Å²) in [6, 6.07) is 34.5. The van der Waals surface area contributed by atoms with E-state index in [1.165, 1.54) is 0 Å². The zero-order valence-corrected chi connectivity index (χ0v) is 22.4. The van der Waals surface area contributed by atoms with Crippen molar-refractivity contribution in [3.05, 3.63) is 112 Å². The highest BCUT2D eigenvalue weighted by atomic mass is 79.9. The largest absolute Gasteiger partial charge is 0.243 e. The van der Waals surface area contributed by atoms with E-state index in [1.54, 1.807) is 0 Å². The number of nitrogens with zero attached hydrogens (tertiary/aromatic N) is 4. The van der Waals surface area contributed by atoms with Gasteiger partial charge in [0.1, 0.15) is 17.3 Å². The highest BCUT2D eigenvalue weighted by molar-refractivity contribution is 9.10. The molecule has 0 aliphatic rings. The second-order valence-corrected chi connectivity index (χ2v) is 10.3. The van der Waals surface area contributed by atoms with Crippen molar-refractivity contribution < 1.29 is 4.63 Å². The smallest absolute Gasteiger partial charge is 0.162 e. The summed E-state index contributed by atoms with van der Waals surface area (Å²) in [5, 5.41) is 18.3. The molecule has 2 heterocycles. The number of aromatic nitrogens is 3. The van der Waals surface area contributed by atoms with Gasteiger partial charge in [0.15, 0.2) is 11.2 Å². The number of rotatable bonds is 4. The molecule has 0 saturated carbocycles. The first-order valence-corrected chi connectivity index (χ1v) is 13.0. The van der Waals surface area contributed by atoms with Crippen molar-refractivity contribution in [1.82, 2.24) is 15.3 Å². The molecule has 0 radical (unpaired) electrons. The van der Waals surface area contributed by atoms with E-state index in [0.717, 1.165) is 42.3 Å². The Morgan fingerprint density at radius 2 is 0.946 bits per heavy atom. The zero-order chi connectivity index (χ0) is 25.4. The molecule has 0 atom stereocenters. The number of hydrogen-bond donors (Lipinski definition) is 0. The van der Waals surface area contributed by atoms with Crippen molar-refractivity contribution in [2.24, 2.45) is 0 Å². The molecule has 176 valence electrons. The maximum absolute atomic E-state index is 10.0. The molecule has 0 spiro atoms. The Morgan fingerprint density at radius 3 is 1.43 bits per heavy atom. The molecule has 0 aliphatic carbocycles. The van der Waals surface area contributed by atoms with Gasteiger partial charge in [-0.15, -0.1) is 0 Å². The Balaban J connectivity index is 1.41. The third-order valence-corrected chi connectivity index (χ3v) is 7.26. The number of fused-ring (bicyclic) bond motifs is 1. The molecular weight excluding hydrogens is 592 g/mol. The van der Waals surface area contributed by atoms with Crippen LogP contribution in [-0.4, -0.2) is 15.3 Å². The van der Waals surface area contributed by atoms with E-state index < -0.39 is 0 Å². The molecule has 4 aromatic carbocycles. The van der Waals surface area contributed by atoms with Crippen LogP contribution in [0.2, 0.25) is 0 Å². The highest BCUT2D eigenvalue weighted by Gasteiger charge is 2.21. The Labute approximate surface area is 229 Å². The van der Waals surface area contributed by atoms with Gasteiger partial charge >= 0.3 is 0 Å². The van der Waals surface area contributed by atoms with Crippen LogP contribution in [0.1, 0.15) is 5.69 Å². The Bertz CT molecular complexity index is 1770. The van der Waals surface area contributed by atoms with Gasteiger partial charge in [-0.1, -0.05) is 105 Å². The predicted molar refractivity (Wildman–Crippen MR) is 151 cm³/mol. The lowest BCUT2D eigenvalue weighted by atomic mass is 9.97. The van der Waals surface area contributed by atoms with Crippen molar-refractivity contribution in [3.8, 4) is 50.7 Å². The minimum Gasteiger partial charge on any atom is -0.243 e. The summed E-state index contributed by atoms with van der Waals surface area (Å²) in [6.45, 7) is 0. The van der Waals surface area contributed by atoms with Gasteiger partial charge in [-0.3, -0.25) is 0 Å². The molecule has 5 nitrogen and oxygen atoms in total. The van der Waals surface area contributed by atoms with Crippen LogP contribution in [0.15, 0.2) is 111 Å². The van der Waals surface area contributed by atoms with Gasteiger partial charge in [-0.05, 0) is 62.4 Å². The summed E-state index contributed by atoms with van der Waals surface area (Å²) in [7, 11) is 0.